The van der Waals surface area contributed by atoms with E-state index < -0.39 is 0 Å². The van der Waals surface area contributed by atoms with Crippen LogP contribution in [-0.2, 0) is 0 Å². The van der Waals surface area contributed by atoms with Gasteiger partial charge in [-0.1, -0.05) is 42.5 Å². The van der Waals surface area contributed by atoms with Gasteiger partial charge in [0.1, 0.15) is 5.82 Å². The molecule has 0 unspecified atom stereocenters. The van der Waals surface area contributed by atoms with E-state index in [1.807, 2.05) is 21.3 Å². The second kappa shape index (κ2) is 5.52. The van der Waals surface area contributed by atoms with Gasteiger partial charge in [0.05, 0.1) is 38.9 Å². The molecule has 0 radical (unpaired) electrons. The number of rotatable bonds is 2. The van der Waals surface area contributed by atoms with Gasteiger partial charge in [0.2, 0.25) is 0 Å². The van der Waals surface area contributed by atoms with Crippen LogP contribution < -0.4 is 3.11 Å². The highest BCUT2D eigenvalue weighted by atomic mass is 127. The molecule has 0 aliphatic rings. The van der Waals surface area contributed by atoms with Crippen LogP contribution in [0, 0.1) is 5.82 Å². The summed E-state index contributed by atoms with van der Waals surface area (Å²) in [5.41, 5.74) is 1.59. The van der Waals surface area contributed by atoms with Crippen LogP contribution in [0.4, 0.5) is 15.8 Å². The first-order valence-corrected chi connectivity index (χ1v) is 8.64. The van der Waals surface area contributed by atoms with E-state index in [0.717, 1.165) is 5.69 Å². The monoisotopic (exact) mass is 419 g/mol. The molecule has 0 bridgehead atoms. The summed E-state index contributed by atoms with van der Waals surface area (Å²) in [7, 11) is 0. The zero-order valence-electron chi connectivity index (χ0n) is 11.5. The van der Waals surface area contributed by atoms with Crippen molar-refractivity contribution in [1.82, 2.24) is 0 Å². The van der Waals surface area contributed by atoms with Crippen LogP contribution in [0.5, 0.6) is 0 Å². The Balaban J connectivity index is 1.97. The van der Waals surface area contributed by atoms with Gasteiger partial charge in [-0.15, -0.1) is 11.3 Å². The van der Waals surface area contributed by atoms with Crippen molar-refractivity contribution in [3.8, 4) is 0 Å². The summed E-state index contributed by atoms with van der Waals surface area (Å²) in [6.07, 6.45) is 0. The van der Waals surface area contributed by atoms with Crippen molar-refractivity contribution in [2.45, 2.75) is 0 Å². The van der Waals surface area contributed by atoms with Gasteiger partial charge in [-0.05, 0) is 24.3 Å². The second-order valence-electron chi connectivity index (χ2n) is 4.98. The molecule has 3 aromatic carbocycles. The maximum Gasteiger partial charge on any atom is 0.147 e. The van der Waals surface area contributed by atoms with Crippen molar-refractivity contribution in [2.75, 3.05) is 3.11 Å². The van der Waals surface area contributed by atoms with Crippen LogP contribution in [0.3, 0.4) is 0 Å². The number of halogens is 2. The summed E-state index contributed by atoms with van der Waals surface area (Å²) in [6.45, 7) is 0. The van der Waals surface area contributed by atoms with E-state index in [1.165, 1.54) is 26.2 Å². The lowest BCUT2D eigenvalue weighted by molar-refractivity contribution is 0.631. The van der Waals surface area contributed by atoms with Crippen LogP contribution in [0.1, 0.15) is 0 Å². The lowest BCUT2D eigenvalue weighted by Crippen LogP contribution is -2.02. The van der Waals surface area contributed by atoms with Gasteiger partial charge in [0, 0.05) is 15.5 Å². The molecule has 4 rings (SSSR count). The van der Waals surface area contributed by atoms with E-state index >= 15 is 0 Å². The predicted octanol–water partition coefficient (Wildman–Crippen LogP) is 6.68. The zero-order valence-corrected chi connectivity index (χ0v) is 14.4. The van der Waals surface area contributed by atoms with Gasteiger partial charge >= 0.3 is 0 Å². The third-order valence-electron chi connectivity index (χ3n) is 3.66. The quantitative estimate of drug-likeness (QED) is 0.259. The van der Waals surface area contributed by atoms with E-state index in [2.05, 4.69) is 53.2 Å². The molecule has 108 valence electrons. The molecule has 0 aliphatic carbocycles. The largest absolute Gasteiger partial charge is 0.279 e. The van der Waals surface area contributed by atoms with Gasteiger partial charge in [-0.2, -0.15) is 0 Å². The van der Waals surface area contributed by atoms with Crippen LogP contribution in [0.2, 0.25) is 0 Å². The summed E-state index contributed by atoms with van der Waals surface area (Å²) in [4.78, 5) is 0. The number of para-hydroxylation sites is 1. The molecule has 0 atom stereocenters. The van der Waals surface area contributed by atoms with Crippen molar-refractivity contribution >= 4 is 65.7 Å². The molecule has 4 aromatic rings. The summed E-state index contributed by atoms with van der Waals surface area (Å²) >= 11 is 3.92. The van der Waals surface area contributed by atoms with E-state index in [1.54, 1.807) is 23.5 Å². The van der Waals surface area contributed by atoms with E-state index in [9.17, 15) is 4.39 Å². The van der Waals surface area contributed by atoms with E-state index in [0.29, 0.717) is 5.69 Å². The van der Waals surface area contributed by atoms with Gasteiger partial charge in [-0.25, -0.2) is 4.39 Å². The molecule has 0 aliphatic heterocycles. The second-order valence-corrected chi connectivity index (χ2v) is 7.00. The number of hydrogen-bond acceptors (Lipinski definition) is 2. The summed E-state index contributed by atoms with van der Waals surface area (Å²) < 4.78 is 18.4. The number of nitrogens with zero attached hydrogens (tertiary/aromatic N) is 1. The molecule has 22 heavy (non-hydrogen) atoms. The van der Waals surface area contributed by atoms with Crippen molar-refractivity contribution in [2.24, 2.45) is 0 Å². The Hall–Kier alpha value is -1.66. The molecular formula is C18H11FINS. The molecule has 1 nitrogen and oxygen atoms in total. The molecule has 4 heteroatoms. The zero-order chi connectivity index (χ0) is 15.1. The fraction of sp³-hybridized carbons (Fsp3) is 0. The van der Waals surface area contributed by atoms with E-state index in [4.69, 9.17) is 0 Å². The van der Waals surface area contributed by atoms with Crippen molar-refractivity contribution in [3.05, 3.63) is 72.5 Å². The summed E-state index contributed by atoms with van der Waals surface area (Å²) in [5, 5.41) is 2.47. The molecule has 0 N–H and O–H groups in total. The first-order valence-electron chi connectivity index (χ1n) is 6.86. The average molecular weight is 419 g/mol. The first-order chi connectivity index (χ1) is 10.8. The maximum atomic E-state index is 14.1. The minimum Gasteiger partial charge on any atom is -0.279 e. The maximum absolute atomic E-state index is 14.1. The number of hydrogen-bond donors (Lipinski definition) is 0. The molecule has 0 saturated heterocycles. The third kappa shape index (κ3) is 2.18. The highest BCUT2D eigenvalue weighted by molar-refractivity contribution is 14.1. The van der Waals surface area contributed by atoms with Gasteiger partial charge in [0.25, 0.3) is 0 Å². The minimum absolute atomic E-state index is 0.213. The topological polar surface area (TPSA) is 3.24 Å². The molecule has 0 fully saturated rings. The van der Waals surface area contributed by atoms with Crippen molar-refractivity contribution in [3.63, 3.8) is 0 Å². The summed E-state index contributed by atoms with van der Waals surface area (Å²) in [5.74, 6) is -0.213. The Morgan fingerprint density at radius 3 is 2.32 bits per heavy atom. The minimum atomic E-state index is -0.213. The smallest absolute Gasteiger partial charge is 0.147 e. The molecule has 0 saturated carbocycles. The number of fused-ring (bicyclic) bond motifs is 3. The Bertz CT molecular complexity index is 979. The molecule has 0 spiro atoms. The molecule has 1 heterocycles. The lowest BCUT2D eigenvalue weighted by atomic mass is 10.1. The average Bonchev–Trinajstić information content (AvgIpc) is 2.93. The van der Waals surface area contributed by atoms with Crippen LogP contribution in [0.25, 0.3) is 20.2 Å². The number of benzene rings is 3. The summed E-state index contributed by atoms with van der Waals surface area (Å²) in [6, 6.07) is 21.4. The Kier molecular flexibility index (Phi) is 3.50. The standard InChI is InChI=1S/C18H11FINS/c19-14-8-2-3-9-15(14)21(20)16-10-5-7-13-12-6-1-4-11-17(12)22-18(13)16/h1-11H. The predicted molar refractivity (Wildman–Crippen MR) is 102 cm³/mol. The third-order valence-corrected chi connectivity index (χ3v) is 5.91. The molecule has 1 aromatic heterocycles. The molecular weight excluding hydrogens is 408 g/mol. The number of anilines is 2. The highest BCUT2D eigenvalue weighted by Crippen LogP contribution is 2.43. The Morgan fingerprint density at radius 1 is 0.773 bits per heavy atom. The van der Waals surface area contributed by atoms with Crippen LogP contribution >= 0.6 is 34.2 Å². The fourth-order valence-corrected chi connectivity index (χ4v) is 4.79. The van der Waals surface area contributed by atoms with Crippen LogP contribution in [-0.4, -0.2) is 0 Å². The van der Waals surface area contributed by atoms with Gasteiger partial charge in [0.15, 0.2) is 0 Å². The fourth-order valence-electron chi connectivity index (χ4n) is 2.63. The lowest BCUT2D eigenvalue weighted by Gasteiger charge is -2.18. The van der Waals surface area contributed by atoms with Crippen LogP contribution in [0.15, 0.2) is 66.7 Å². The van der Waals surface area contributed by atoms with Crippen molar-refractivity contribution < 1.29 is 4.39 Å². The normalized spacial score (nSPS) is 11.2. The van der Waals surface area contributed by atoms with E-state index in [-0.39, 0.29) is 5.82 Å². The highest BCUT2D eigenvalue weighted by Gasteiger charge is 2.15. The molecule has 0 amide bonds. The van der Waals surface area contributed by atoms with Gasteiger partial charge < -0.3 is 0 Å². The van der Waals surface area contributed by atoms with Crippen molar-refractivity contribution in [1.29, 1.82) is 0 Å². The Labute approximate surface area is 145 Å². The SMILES string of the molecule is Fc1ccccc1N(I)c1cccc2c1sc1ccccc12. The number of thiophene rings is 1. The Morgan fingerprint density at radius 2 is 1.45 bits per heavy atom. The first kappa shape index (κ1) is 14.0. The van der Waals surface area contributed by atoms with Gasteiger partial charge in [-0.3, -0.25) is 3.11 Å².